The molecule has 1 aromatic rings. The van der Waals surface area contributed by atoms with Crippen molar-refractivity contribution in [2.45, 2.75) is 56.6 Å². The Morgan fingerprint density at radius 3 is 2.67 bits per heavy atom. The largest absolute Gasteiger partial charge is 0.198 e. The predicted molar refractivity (Wildman–Crippen MR) is 91.6 cm³/mol. The number of hydrogen-bond donors (Lipinski definition) is 0. The maximum Gasteiger partial charge on any atom is 0.0667 e. The van der Waals surface area contributed by atoms with E-state index < -0.39 is 0 Å². The molecule has 3 unspecified atom stereocenters. The standard InChI is InChI=1S/C18H24ClNS/c1-4-18(2,3)14-10-9-13(12-20)17(11-14)21-16-8-6-5-7-15(16)19/h5-8,13-14,17H,4,9-11H2,1-3H3. The number of hydrogen-bond acceptors (Lipinski definition) is 2. The van der Waals surface area contributed by atoms with Crippen LogP contribution in [-0.4, -0.2) is 5.25 Å². The van der Waals surface area contributed by atoms with Crippen molar-refractivity contribution in [1.29, 1.82) is 5.26 Å². The molecule has 1 saturated carbocycles. The summed E-state index contributed by atoms with van der Waals surface area (Å²) in [5, 5.41) is 10.6. The summed E-state index contributed by atoms with van der Waals surface area (Å²) in [7, 11) is 0. The second kappa shape index (κ2) is 7.07. The Balaban J connectivity index is 2.15. The molecule has 3 atom stereocenters. The van der Waals surface area contributed by atoms with E-state index in [0.29, 0.717) is 16.6 Å². The van der Waals surface area contributed by atoms with E-state index in [-0.39, 0.29) is 5.92 Å². The fourth-order valence-electron chi connectivity index (χ4n) is 3.11. The third-order valence-corrected chi connectivity index (χ3v) is 6.96. The predicted octanol–water partition coefficient (Wildman–Crippen LogP) is 6.18. The Bertz CT molecular complexity index is 520. The molecule has 114 valence electrons. The average molecular weight is 322 g/mol. The van der Waals surface area contributed by atoms with Gasteiger partial charge in [-0.1, -0.05) is 50.9 Å². The van der Waals surface area contributed by atoms with Crippen LogP contribution in [0.3, 0.4) is 0 Å². The maximum atomic E-state index is 9.46. The Morgan fingerprint density at radius 2 is 2.05 bits per heavy atom. The van der Waals surface area contributed by atoms with E-state index in [1.165, 1.54) is 12.8 Å². The lowest BCUT2D eigenvalue weighted by molar-refractivity contribution is 0.144. The van der Waals surface area contributed by atoms with Crippen molar-refractivity contribution in [1.82, 2.24) is 0 Å². The van der Waals surface area contributed by atoms with E-state index >= 15 is 0 Å². The van der Waals surface area contributed by atoms with Crippen LogP contribution in [0.25, 0.3) is 0 Å². The lowest BCUT2D eigenvalue weighted by atomic mass is 9.67. The van der Waals surface area contributed by atoms with Crippen molar-refractivity contribution in [2.24, 2.45) is 17.3 Å². The van der Waals surface area contributed by atoms with Crippen molar-refractivity contribution < 1.29 is 0 Å². The van der Waals surface area contributed by atoms with E-state index in [9.17, 15) is 5.26 Å². The molecule has 3 heteroatoms. The summed E-state index contributed by atoms with van der Waals surface area (Å²) in [4.78, 5) is 1.11. The molecule has 1 fully saturated rings. The van der Waals surface area contributed by atoms with Gasteiger partial charge in [0.15, 0.2) is 0 Å². The number of benzene rings is 1. The summed E-state index contributed by atoms with van der Waals surface area (Å²) in [5.74, 6) is 0.849. The topological polar surface area (TPSA) is 23.8 Å². The summed E-state index contributed by atoms with van der Waals surface area (Å²) in [6.45, 7) is 7.00. The van der Waals surface area contributed by atoms with Crippen LogP contribution in [0.2, 0.25) is 5.02 Å². The smallest absolute Gasteiger partial charge is 0.0667 e. The first-order valence-corrected chi connectivity index (χ1v) is 9.04. The molecular formula is C18H24ClNS. The van der Waals surface area contributed by atoms with Crippen LogP contribution >= 0.6 is 23.4 Å². The van der Waals surface area contributed by atoms with Gasteiger partial charge in [0.2, 0.25) is 0 Å². The molecule has 1 aliphatic carbocycles. The van der Waals surface area contributed by atoms with Gasteiger partial charge in [-0.05, 0) is 42.7 Å². The minimum absolute atomic E-state index is 0.148. The van der Waals surface area contributed by atoms with Gasteiger partial charge in [0, 0.05) is 10.1 Å². The number of thioether (sulfide) groups is 1. The normalized spacial score (nSPS) is 26.3. The molecule has 0 heterocycles. The molecular weight excluding hydrogens is 298 g/mol. The Kier molecular flexibility index (Phi) is 5.63. The van der Waals surface area contributed by atoms with Gasteiger partial charge in [0.05, 0.1) is 17.0 Å². The second-order valence-corrected chi connectivity index (χ2v) is 8.36. The molecule has 0 N–H and O–H groups in total. The van der Waals surface area contributed by atoms with Crippen LogP contribution < -0.4 is 0 Å². The zero-order chi connectivity index (χ0) is 15.5. The van der Waals surface area contributed by atoms with E-state index in [1.54, 1.807) is 11.8 Å². The van der Waals surface area contributed by atoms with Crippen molar-refractivity contribution in [2.75, 3.05) is 0 Å². The van der Waals surface area contributed by atoms with Crippen LogP contribution in [0, 0.1) is 28.6 Å². The maximum absolute atomic E-state index is 9.46. The number of nitrogens with zero attached hydrogens (tertiary/aromatic N) is 1. The first kappa shape index (κ1) is 16.7. The fraction of sp³-hybridized carbons (Fsp3) is 0.611. The van der Waals surface area contributed by atoms with Crippen molar-refractivity contribution >= 4 is 23.4 Å². The number of nitriles is 1. The summed E-state index contributed by atoms with van der Waals surface area (Å²) in [6.07, 6.45) is 4.51. The monoisotopic (exact) mass is 321 g/mol. The van der Waals surface area contributed by atoms with E-state index in [2.05, 4.69) is 32.9 Å². The second-order valence-electron chi connectivity index (χ2n) is 6.67. The van der Waals surface area contributed by atoms with Gasteiger partial charge in [-0.15, -0.1) is 11.8 Å². The van der Waals surface area contributed by atoms with Crippen LogP contribution in [0.5, 0.6) is 0 Å². The lowest BCUT2D eigenvalue weighted by Gasteiger charge is -2.41. The van der Waals surface area contributed by atoms with Crippen molar-refractivity contribution in [3.8, 4) is 6.07 Å². The van der Waals surface area contributed by atoms with Gasteiger partial charge < -0.3 is 0 Å². The van der Waals surface area contributed by atoms with Gasteiger partial charge in [-0.3, -0.25) is 0 Å². The van der Waals surface area contributed by atoms with Gasteiger partial charge in [0.1, 0.15) is 0 Å². The Hall–Kier alpha value is -0.650. The first-order chi connectivity index (χ1) is 9.97. The van der Waals surface area contributed by atoms with Gasteiger partial charge in [-0.25, -0.2) is 0 Å². The average Bonchev–Trinajstić information content (AvgIpc) is 2.49. The highest BCUT2D eigenvalue weighted by atomic mass is 35.5. The Labute approximate surface area is 138 Å². The number of halogens is 1. The van der Waals surface area contributed by atoms with Crippen molar-refractivity contribution in [3.05, 3.63) is 29.3 Å². The van der Waals surface area contributed by atoms with Gasteiger partial charge in [0.25, 0.3) is 0 Å². The molecule has 0 amide bonds. The van der Waals surface area contributed by atoms with Gasteiger partial charge in [-0.2, -0.15) is 5.26 Å². The third kappa shape index (κ3) is 3.96. The molecule has 1 nitrogen and oxygen atoms in total. The molecule has 0 radical (unpaired) electrons. The molecule has 0 aliphatic heterocycles. The minimum atomic E-state index is 0.148. The molecule has 0 saturated heterocycles. The van der Waals surface area contributed by atoms with E-state index in [4.69, 9.17) is 11.6 Å². The molecule has 0 aromatic heterocycles. The fourth-order valence-corrected chi connectivity index (χ4v) is 4.73. The van der Waals surface area contributed by atoms with E-state index in [0.717, 1.165) is 22.8 Å². The van der Waals surface area contributed by atoms with Crippen molar-refractivity contribution in [3.63, 3.8) is 0 Å². The first-order valence-electron chi connectivity index (χ1n) is 7.78. The zero-order valence-corrected chi connectivity index (χ0v) is 14.7. The van der Waals surface area contributed by atoms with Crippen LogP contribution in [0.1, 0.15) is 46.5 Å². The minimum Gasteiger partial charge on any atom is -0.198 e. The number of rotatable bonds is 4. The molecule has 2 rings (SSSR count). The zero-order valence-electron chi connectivity index (χ0n) is 13.1. The molecule has 0 spiro atoms. The third-order valence-electron chi connectivity index (χ3n) is 5.09. The summed E-state index contributed by atoms with van der Waals surface area (Å²) in [6, 6.07) is 10.5. The summed E-state index contributed by atoms with van der Waals surface area (Å²) >= 11 is 8.08. The van der Waals surface area contributed by atoms with Crippen LogP contribution in [0.4, 0.5) is 0 Å². The quantitative estimate of drug-likeness (QED) is 0.661. The highest BCUT2D eigenvalue weighted by Crippen LogP contribution is 2.47. The van der Waals surface area contributed by atoms with Crippen LogP contribution in [-0.2, 0) is 0 Å². The Morgan fingerprint density at radius 1 is 1.33 bits per heavy atom. The highest BCUT2D eigenvalue weighted by molar-refractivity contribution is 8.00. The SMILES string of the molecule is CCC(C)(C)C1CCC(C#N)C(Sc2ccccc2Cl)C1. The van der Waals surface area contributed by atoms with Crippen LogP contribution in [0.15, 0.2) is 29.2 Å². The highest BCUT2D eigenvalue weighted by Gasteiger charge is 2.37. The van der Waals surface area contributed by atoms with E-state index in [1.807, 2.05) is 18.2 Å². The van der Waals surface area contributed by atoms with Gasteiger partial charge >= 0.3 is 0 Å². The molecule has 21 heavy (non-hydrogen) atoms. The lowest BCUT2D eigenvalue weighted by Crippen LogP contribution is -2.34. The molecule has 0 bridgehead atoms. The molecule has 1 aromatic carbocycles. The summed E-state index contributed by atoms with van der Waals surface area (Å²) in [5.41, 5.74) is 0.361. The summed E-state index contributed by atoms with van der Waals surface area (Å²) < 4.78 is 0. The molecule has 1 aliphatic rings.